The fourth-order valence-corrected chi connectivity index (χ4v) is 1.14. The van der Waals surface area contributed by atoms with E-state index in [1.54, 1.807) is 14.2 Å². The fraction of sp³-hybridized carbons (Fsp3) is 0.750. The largest absolute Gasteiger partial charge is 0.362 e. The maximum atomic E-state index is 5.08. The lowest BCUT2D eigenvalue weighted by atomic mass is 10.5. The Balaban J connectivity index is 0.00000144. The lowest BCUT2D eigenvalue weighted by molar-refractivity contribution is -0.112. The van der Waals surface area contributed by atoms with E-state index in [1.165, 1.54) is 0 Å². The molecule has 78 valence electrons. The number of halogens is 1. The number of hydrogen-bond acceptors (Lipinski definition) is 4. The van der Waals surface area contributed by atoms with Gasteiger partial charge in [-0.15, -0.1) is 17.0 Å². The number of rotatable bonds is 4. The molecule has 0 fully saturated rings. The van der Waals surface area contributed by atoms with Crippen molar-refractivity contribution in [2.75, 3.05) is 34.5 Å². The third kappa shape index (κ3) is 3.97. The van der Waals surface area contributed by atoms with Gasteiger partial charge in [0.2, 0.25) is 0 Å². The van der Waals surface area contributed by atoms with Gasteiger partial charge in [0.05, 0.1) is 13.2 Å². The highest BCUT2D eigenvalue weighted by Crippen LogP contribution is 2.05. The van der Waals surface area contributed by atoms with Crippen molar-refractivity contribution in [3.05, 3.63) is 12.4 Å². The Kier molecular flexibility index (Phi) is 6.11. The minimum atomic E-state index is -0.138. The van der Waals surface area contributed by atoms with E-state index in [0.29, 0.717) is 0 Å². The third-order valence-corrected chi connectivity index (χ3v) is 1.85. The van der Waals surface area contributed by atoms with E-state index in [1.807, 2.05) is 19.4 Å². The van der Waals surface area contributed by atoms with E-state index in [2.05, 4.69) is 9.80 Å². The summed E-state index contributed by atoms with van der Waals surface area (Å²) in [4.78, 5) is 4.24. The topological polar surface area (TPSA) is 24.9 Å². The van der Waals surface area contributed by atoms with Gasteiger partial charge in [-0.25, -0.2) is 0 Å². The SMILES string of the molecule is Br.COC(CN1C=CN(C)C1)OC. The van der Waals surface area contributed by atoms with Crippen LogP contribution in [0.3, 0.4) is 0 Å². The summed E-state index contributed by atoms with van der Waals surface area (Å²) in [5.74, 6) is 0. The predicted octanol–water partition coefficient (Wildman–Crippen LogP) is 0.859. The van der Waals surface area contributed by atoms with Crippen LogP contribution in [0.15, 0.2) is 12.4 Å². The zero-order chi connectivity index (χ0) is 8.97. The van der Waals surface area contributed by atoms with Crippen LogP contribution in [0.1, 0.15) is 0 Å². The van der Waals surface area contributed by atoms with Gasteiger partial charge in [0.25, 0.3) is 0 Å². The second-order valence-corrected chi connectivity index (χ2v) is 2.87. The molecule has 1 aliphatic rings. The highest BCUT2D eigenvalue weighted by molar-refractivity contribution is 8.93. The lowest BCUT2D eigenvalue weighted by Crippen LogP contribution is -2.32. The number of ether oxygens (including phenoxy) is 2. The molecule has 1 rings (SSSR count). The molecule has 0 aliphatic carbocycles. The van der Waals surface area contributed by atoms with Gasteiger partial charge >= 0.3 is 0 Å². The van der Waals surface area contributed by atoms with Gasteiger partial charge in [0.15, 0.2) is 6.29 Å². The summed E-state index contributed by atoms with van der Waals surface area (Å²) in [6, 6.07) is 0. The summed E-state index contributed by atoms with van der Waals surface area (Å²) >= 11 is 0. The van der Waals surface area contributed by atoms with E-state index in [0.717, 1.165) is 13.2 Å². The van der Waals surface area contributed by atoms with E-state index in [9.17, 15) is 0 Å². The summed E-state index contributed by atoms with van der Waals surface area (Å²) in [6.45, 7) is 1.68. The molecular formula is C8H17BrN2O2. The standard InChI is InChI=1S/C8H16N2O2.BrH/c1-9-4-5-10(7-9)6-8(11-2)12-3;/h4-5,8H,6-7H2,1-3H3;1H. The van der Waals surface area contributed by atoms with Gasteiger partial charge in [0.1, 0.15) is 0 Å². The molecule has 0 saturated heterocycles. The maximum Gasteiger partial charge on any atom is 0.174 e. The summed E-state index contributed by atoms with van der Waals surface area (Å²) in [6.07, 6.45) is 3.93. The van der Waals surface area contributed by atoms with Crippen LogP contribution in [0.5, 0.6) is 0 Å². The van der Waals surface area contributed by atoms with Crippen LogP contribution in [0, 0.1) is 0 Å². The molecule has 0 amide bonds. The van der Waals surface area contributed by atoms with Gasteiger partial charge in [-0.05, 0) is 0 Å². The highest BCUT2D eigenvalue weighted by atomic mass is 79.9. The van der Waals surface area contributed by atoms with Crippen molar-refractivity contribution in [1.82, 2.24) is 9.80 Å². The van der Waals surface area contributed by atoms with Crippen LogP contribution in [0.2, 0.25) is 0 Å². The molecule has 0 aromatic carbocycles. The van der Waals surface area contributed by atoms with Gasteiger partial charge in [-0.1, -0.05) is 0 Å². The zero-order valence-corrected chi connectivity index (χ0v) is 9.98. The first-order chi connectivity index (χ1) is 5.76. The second-order valence-electron chi connectivity index (χ2n) is 2.87. The van der Waals surface area contributed by atoms with Crippen molar-refractivity contribution in [3.8, 4) is 0 Å². The zero-order valence-electron chi connectivity index (χ0n) is 8.27. The molecule has 1 aliphatic heterocycles. The van der Waals surface area contributed by atoms with Gasteiger partial charge < -0.3 is 19.3 Å². The van der Waals surface area contributed by atoms with E-state index in [4.69, 9.17) is 9.47 Å². The summed E-state index contributed by atoms with van der Waals surface area (Å²) in [5.41, 5.74) is 0. The number of nitrogens with zero attached hydrogens (tertiary/aromatic N) is 2. The normalized spacial score (nSPS) is 15.4. The maximum absolute atomic E-state index is 5.08. The van der Waals surface area contributed by atoms with Crippen LogP contribution >= 0.6 is 17.0 Å². The highest BCUT2D eigenvalue weighted by Gasteiger charge is 2.13. The fourth-order valence-electron chi connectivity index (χ4n) is 1.14. The van der Waals surface area contributed by atoms with Gasteiger partial charge in [-0.2, -0.15) is 0 Å². The molecule has 0 N–H and O–H groups in total. The third-order valence-electron chi connectivity index (χ3n) is 1.85. The lowest BCUT2D eigenvalue weighted by Gasteiger charge is -2.22. The Morgan fingerprint density at radius 2 is 1.92 bits per heavy atom. The van der Waals surface area contributed by atoms with Crippen LogP contribution in [-0.4, -0.2) is 50.6 Å². The molecule has 0 radical (unpaired) electrons. The van der Waals surface area contributed by atoms with Crippen molar-refractivity contribution in [2.24, 2.45) is 0 Å². The van der Waals surface area contributed by atoms with E-state index in [-0.39, 0.29) is 23.3 Å². The quantitative estimate of drug-likeness (QED) is 0.694. The average molecular weight is 253 g/mol. The van der Waals surface area contributed by atoms with Crippen LogP contribution < -0.4 is 0 Å². The van der Waals surface area contributed by atoms with Crippen molar-refractivity contribution < 1.29 is 9.47 Å². The molecular weight excluding hydrogens is 236 g/mol. The molecule has 0 unspecified atom stereocenters. The summed E-state index contributed by atoms with van der Waals surface area (Å²) < 4.78 is 10.2. The van der Waals surface area contributed by atoms with Gasteiger partial charge in [-0.3, -0.25) is 0 Å². The minimum Gasteiger partial charge on any atom is -0.362 e. The molecule has 0 bridgehead atoms. The Hall–Kier alpha value is -0.260. The Morgan fingerprint density at radius 1 is 1.31 bits per heavy atom. The van der Waals surface area contributed by atoms with Crippen LogP contribution in [-0.2, 0) is 9.47 Å². The van der Waals surface area contributed by atoms with Crippen molar-refractivity contribution in [3.63, 3.8) is 0 Å². The van der Waals surface area contributed by atoms with Crippen molar-refractivity contribution in [2.45, 2.75) is 6.29 Å². The van der Waals surface area contributed by atoms with Crippen LogP contribution in [0.25, 0.3) is 0 Å². The molecule has 0 aromatic rings. The molecule has 0 aromatic heterocycles. The number of hydrogen-bond donors (Lipinski definition) is 0. The number of methoxy groups -OCH3 is 2. The molecule has 0 saturated carbocycles. The molecule has 4 nitrogen and oxygen atoms in total. The second kappa shape index (κ2) is 6.23. The predicted molar refractivity (Wildman–Crippen MR) is 56.6 cm³/mol. The minimum absolute atomic E-state index is 0. The average Bonchev–Trinajstić information content (AvgIpc) is 2.47. The Labute approximate surface area is 89.9 Å². The smallest absolute Gasteiger partial charge is 0.174 e. The Morgan fingerprint density at radius 3 is 2.31 bits per heavy atom. The van der Waals surface area contributed by atoms with E-state index >= 15 is 0 Å². The van der Waals surface area contributed by atoms with Crippen molar-refractivity contribution in [1.29, 1.82) is 0 Å². The van der Waals surface area contributed by atoms with Crippen LogP contribution in [0.4, 0.5) is 0 Å². The molecule has 0 spiro atoms. The Bertz CT molecular complexity index is 162. The molecule has 0 atom stereocenters. The monoisotopic (exact) mass is 252 g/mol. The van der Waals surface area contributed by atoms with Gasteiger partial charge in [0, 0.05) is 33.7 Å². The molecule has 13 heavy (non-hydrogen) atoms. The summed E-state index contributed by atoms with van der Waals surface area (Å²) in [7, 11) is 5.33. The van der Waals surface area contributed by atoms with Crippen molar-refractivity contribution >= 4 is 17.0 Å². The first-order valence-corrected chi connectivity index (χ1v) is 3.94. The first-order valence-electron chi connectivity index (χ1n) is 3.94. The van der Waals surface area contributed by atoms with E-state index < -0.39 is 0 Å². The molecule has 1 heterocycles. The summed E-state index contributed by atoms with van der Waals surface area (Å²) in [5, 5.41) is 0. The first kappa shape index (κ1) is 12.7. The molecule has 5 heteroatoms.